The minimum atomic E-state index is -0.656. The zero-order valence-corrected chi connectivity index (χ0v) is 17.0. The number of piperidine rings is 1. The van der Waals surface area contributed by atoms with Gasteiger partial charge in [-0.3, -0.25) is 4.79 Å². The number of hydrogen-bond acceptors (Lipinski definition) is 7. The molecule has 1 aromatic rings. The Morgan fingerprint density at radius 2 is 1.72 bits per heavy atom. The van der Waals surface area contributed by atoms with Crippen LogP contribution in [0.4, 0.5) is 5.69 Å². The Morgan fingerprint density at radius 1 is 1.03 bits per heavy atom. The molecule has 1 aromatic carbocycles. The molecule has 2 aliphatic heterocycles. The fourth-order valence-electron chi connectivity index (χ4n) is 3.70. The minimum Gasteiger partial charge on any atom is -0.466 e. The summed E-state index contributed by atoms with van der Waals surface area (Å²) in [6.07, 6.45) is 3.17. The average molecular weight is 402 g/mol. The Morgan fingerprint density at radius 3 is 2.34 bits per heavy atom. The molecule has 1 saturated heterocycles. The zero-order valence-electron chi connectivity index (χ0n) is 17.0. The molecule has 0 saturated carbocycles. The van der Waals surface area contributed by atoms with E-state index in [4.69, 9.17) is 14.2 Å². The lowest BCUT2D eigenvalue weighted by molar-refractivity contribution is -0.140. The molecule has 3 rings (SSSR count). The third-order valence-corrected chi connectivity index (χ3v) is 5.32. The number of carbonyl (C=O) groups excluding carboxylic acids is 3. The van der Waals surface area contributed by atoms with Crippen LogP contribution in [0.15, 0.2) is 35.5 Å². The predicted molar refractivity (Wildman–Crippen MR) is 105 cm³/mol. The van der Waals surface area contributed by atoms with Crippen molar-refractivity contribution < 1.29 is 28.6 Å². The summed E-state index contributed by atoms with van der Waals surface area (Å²) in [5, 5.41) is 0. The highest BCUT2D eigenvalue weighted by Crippen LogP contribution is 2.27. The van der Waals surface area contributed by atoms with Gasteiger partial charge in [-0.2, -0.15) is 0 Å². The smallest absolute Gasteiger partial charge is 0.355 e. The summed E-state index contributed by atoms with van der Waals surface area (Å²) < 4.78 is 15.1. The van der Waals surface area contributed by atoms with Crippen LogP contribution >= 0.6 is 0 Å². The number of methoxy groups -OCH3 is 2. The summed E-state index contributed by atoms with van der Waals surface area (Å²) in [7, 11) is 2.49. The quantitative estimate of drug-likeness (QED) is 0.713. The lowest BCUT2D eigenvalue weighted by Crippen LogP contribution is -2.42. The van der Waals surface area contributed by atoms with E-state index in [0.29, 0.717) is 11.3 Å². The van der Waals surface area contributed by atoms with E-state index in [-0.39, 0.29) is 36.6 Å². The fraction of sp³-hybridized carbons (Fsp3) is 0.476. The molecule has 1 atom stereocenters. The van der Waals surface area contributed by atoms with Crippen molar-refractivity contribution in [2.75, 3.05) is 39.0 Å². The van der Waals surface area contributed by atoms with Crippen molar-refractivity contribution in [1.82, 2.24) is 4.90 Å². The maximum Gasteiger partial charge on any atom is 0.355 e. The second-order valence-electron chi connectivity index (χ2n) is 7.11. The van der Waals surface area contributed by atoms with Crippen LogP contribution < -0.4 is 4.90 Å². The van der Waals surface area contributed by atoms with Gasteiger partial charge in [0, 0.05) is 23.8 Å². The maximum atomic E-state index is 12.8. The minimum absolute atomic E-state index is 0.00220. The molecule has 8 heteroatoms. The van der Waals surface area contributed by atoms with Crippen molar-refractivity contribution in [2.45, 2.75) is 32.2 Å². The summed E-state index contributed by atoms with van der Waals surface area (Å²) in [5.41, 5.74) is 1.36. The van der Waals surface area contributed by atoms with Gasteiger partial charge in [0.05, 0.1) is 26.4 Å². The standard InChI is InChI=1S/C21H26N2O6/c1-14-6-4-5-11-22(14)19(24)15-7-9-16(10-8-15)23-13-29-12-17(20(25)27-2)18(23)21(26)28-3/h7-10,14H,4-6,11-13H2,1-3H3. The molecular formula is C21H26N2O6. The van der Waals surface area contributed by atoms with Crippen molar-refractivity contribution in [1.29, 1.82) is 0 Å². The van der Waals surface area contributed by atoms with E-state index in [0.717, 1.165) is 25.8 Å². The van der Waals surface area contributed by atoms with Gasteiger partial charge in [0.2, 0.25) is 0 Å². The van der Waals surface area contributed by atoms with Crippen molar-refractivity contribution >= 4 is 23.5 Å². The third kappa shape index (κ3) is 4.27. The Labute approximate surface area is 170 Å². The van der Waals surface area contributed by atoms with Gasteiger partial charge in [0.25, 0.3) is 5.91 Å². The van der Waals surface area contributed by atoms with Gasteiger partial charge in [-0.15, -0.1) is 0 Å². The molecule has 0 bridgehead atoms. The van der Waals surface area contributed by atoms with E-state index in [1.54, 1.807) is 29.2 Å². The molecule has 0 spiro atoms. The number of carbonyl (C=O) groups is 3. The van der Waals surface area contributed by atoms with Gasteiger partial charge in [-0.05, 0) is 50.5 Å². The highest BCUT2D eigenvalue weighted by Gasteiger charge is 2.32. The van der Waals surface area contributed by atoms with Gasteiger partial charge in [0.1, 0.15) is 12.4 Å². The van der Waals surface area contributed by atoms with Crippen LogP contribution in [0.25, 0.3) is 0 Å². The van der Waals surface area contributed by atoms with E-state index in [1.165, 1.54) is 14.2 Å². The molecule has 2 aliphatic rings. The van der Waals surface area contributed by atoms with Crippen LogP contribution in [-0.2, 0) is 23.8 Å². The van der Waals surface area contributed by atoms with Gasteiger partial charge in [0.15, 0.2) is 0 Å². The van der Waals surface area contributed by atoms with E-state index in [9.17, 15) is 14.4 Å². The van der Waals surface area contributed by atoms with Gasteiger partial charge in [-0.25, -0.2) is 9.59 Å². The van der Waals surface area contributed by atoms with Crippen LogP contribution in [0, 0.1) is 0 Å². The number of amides is 1. The lowest BCUT2D eigenvalue weighted by Gasteiger charge is -2.34. The molecule has 0 N–H and O–H groups in total. The molecule has 1 fully saturated rings. The van der Waals surface area contributed by atoms with E-state index >= 15 is 0 Å². The topological polar surface area (TPSA) is 85.4 Å². The van der Waals surface area contributed by atoms with Gasteiger partial charge < -0.3 is 24.0 Å². The fourth-order valence-corrected chi connectivity index (χ4v) is 3.70. The molecule has 1 amide bonds. The monoisotopic (exact) mass is 402 g/mol. The van der Waals surface area contributed by atoms with Crippen LogP contribution in [-0.4, -0.2) is 62.9 Å². The van der Waals surface area contributed by atoms with Crippen molar-refractivity contribution in [3.63, 3.8) is 0 Å². The normalized spacial score (nSPS) is 19.8. The highest BCUT2D eigenvalue weighted by molar-refractivity contribution is 6.03. The maximum absolute atomic E-state index is 12.8. The molecule has 8 nitrogen and oxygen atoms in total. The number of hydrogen-bond donors (Lipinski definition) is 0. The number of esters is 2. The number of likely N-dealkylation sites (tertiary alicyclic amines) is 1. The Hall–Kier alpha value is -2.87. The summed E-state index contributed by atoms with van der Waals surface area (Å²) in [6, 6.07) is 7.13. The Bertz CT molecular complexity index is 817. The first-order valence-electron chi connectivity index (χ1n) is 9.64. The third-order valence-electron chi connectivity index (χ3n) is 5.32. The van der Waals surface area contributed by atoms with Gasteiger partial charge >= 0.3 is 11.9 Å². The first kappa shape index (κ1) is 20.9. The van der Waals surface area contributed by atoms with Crippen LogP contribution in [0.1, 0.15) is 36.5 Å². The summed E-state index contributed by atoms with van der Waals surface area (Å²) in [5.74, 6) is -1.31. The van der Waals surface area contributed by atoms with E-state index in [1.807, 2.05) is 4.90 Å². The molecule has 2 heterocycles. The van der Waals surface area contributed by atoms with Crippen molar-refractivity contribution in [2.24, 2.45) is 0 Å². The first-order chi connectivity index (χ1) is 14.0. The number of rotatable bonds is 4. The second-order valence-corrected chi connectivity index (χ2v) is 7.11. The predicted octanol–water partition coefficient (Wildman–Crippen LogP) is 2.10. The Kier molecular flexibility index (Phi) is 6.53. The molecule has 156 valence electrons. The molecule has 29 heavy (non-hydrogen) atoms. The number of ether oxygens (including phenoxy) is 3. The average Bonchev–Trinajstić information content (AvgIpc) is 2.77. The molecular weight excluding hydrogens is 376 g/mol. The van der Waals surface area contributed by atoms with E-state index in [2.05, 4.69) is 6.92 Å². The largest absolute Gasteiger partial charge is 0.466 e. The summed E-state index contributed by atoms with van der Waals surface area (Å²) in [6.45, 7) is 2.86. The van der Waals surface area contributed by atoms with Crippen LogP contribution in [0.3, 0.4) is 0 Å². The van der Waals surface area contributed by atoms with Crippen LogP contribution in [0.5, 0.6) is 0 Å². The zero-order chi connectivity index (χ0) is 21.0. The van der Waals surface area contributed by atoms with Crippen LogP contribution in [0.2, 0.25) is 0 Å². The molecule has 0 aromatic heterocycles. The Balaban J connectivity index is 1.88. The summed E-state index contributed by atoms with van der Waals surface area (Å²) >= 11 is 0. The number of anilines is 1. The second kappa shape index (κ2) is 9.09. The number of benzene rings is 1. The highest BCUT2D eigenvalue weighted by atomic mass is 16.5. The lowest BCUT2D eigenvalue weighted by atomic mass is 10.0. The van der Waals surface area contributed by atoms with Gasteiger partial charge in [-0.1, -0.05) is 0 Å². The van der Waals surface area contributed by atoms with E-state index < -0.39 is 11.9 Å². The SMILES string of the molecule is COC(=O)C1=C(C(=O)OC)N(c2ccc(C(=O)N3CCCCC3C)cc2)COC1. The van der Waals surface area contributed by atoms with Crippen molar-refractivity contribution in [3.8, 4) is 0 Å². The molecule has 0 aliphatic carbocycles. The summed E-state index contributed by atoms with van der Waals surface area (Å²) in [4.78, 5) is 40.7. The number of nitrogens with zero attached hydrogens (tertiary/aromatic N) is 2. The molecule has 0 radical (unpaired) electrons. The molecule has 1 unspecified atom stereocenters. The van der Waals surface area contributed by atoms with Crippen molar-refractivity contribution in [3.05, 3.63) is 41.1 Å². The first-order valence-corrected chi connectivity index (χ1v) is 9.64.